The van der Waals surface area contributed by atoms with Crippen LogP contribution in [0.4, 0.5) is 23.2 Å². The molecule has 0 aliphatic heterocycles. The second kappa shape index (κ2) is 4.72. The number of nitrogens with one attached hydrogen (secondary N) is 1. The number of hydrogen-bond donors (Lipinski definition) is 1. The fourth-order valence-corrected chi connectivity index (χ4v) is 1.18. The Hall–Kier alpha value is -1.26. The maximum atomic E-state index is 13.2. The van der Waals surface area contributed by atoms with Gasteiger partial charge in [0, 0.05) is 6.04 Å². The second-order valence-corrected chi connectivity index (χ2v) is 3.65. The van der Waals surface area contributed by atoms with Gasteiger partial charge in [0.2, 0.25) is 0 Å². The lowest BCUT2D eigenvalue weighted by molar-refractivity contribution is -0.137. The van der Waals surface area contributed by atoms with E-state index in [0.29, 0.717) is 6.42 Å². The summed E-state index contributed by atoms with van der Waals surface area (Å²) in [6, 6.07) is 2.28. The maximum absolute atomic E-state index is 13.2. The molecule has 1 aromatic rings. The van der Waals surface area contributed by atoms with Crippen LogP contribution in [0.2, 0.25) is 0 Å². The molecule has 90 valence electrons. The molecule has 1 N–H and O–H groups in total. The van der Waals surface area contributed by atoms with Gasteiger partial charge in [0.15, 0.2) is 0 Å². The largest absolute Gasteiger partial charge is 0.416 e. The lowest BCUT2D eigenvalue weighted by Gasteiger charge is -2.15. The summed E-state index contributed by atoms with van der Waals surface area (Å²) >= 11 is 0. The average Bonchev–Trinajstić information content (AvgIpc) is 2.19. The topological polar surface area (TPSA) is 12.0 Å². The summed E-state index contributed by atoms with van der Waals surface area (Å²) < 4.78 is 50.3. The molecule has 1 aromatic carbocycles. The average molecular weight is 235 g/mol. The molecular weight excluding hydrogens is 222 g/mol. The van der Waals surface area contributed by atoms with E-state index in [1.54, 1.807) is 6.92 Å². The van der Waals surface area contributed by atoms with Crippen LogP contribution < -0.4 is 5.32 Å². The van der Waals surface area contributed by atoms with Gasteiger partial charge in [-0.3, -0.25) is 0 Å². The molecular formula is C11H13F4N. The third-order valence-corrected chi connectivity index (χ3v) is 2.31. The molecule has 0 radical (unpaired) electrons. The minimum Gasteiger partial charge on any atom is -0.380 e. The van der Waals surface area contributed by atoms with Crippen molar-refractivity contribution in [2.75, 3.05) is 5.32 Å². The number of rotatable bonds is 3. The number of alkyl halides is 3. The number of anilines is 1. The molecule has 0 bridgehead atoms. The van der Waals surface area contributed by atoms with Crippen LogP contribution in [0.1, 0.15) is 25.8 Å². The molecule has 0 saturated carbocycles. The lowest BCUT2D eigenvalue weighted by atomic mass is 10.1. The van der Waals surface area contributed by atoms with E-state index in [9.17, 15) is 17.6 Å². The zero-order chi connectivity index (χ0) is 12.3. The molecule has 1 rings (SSSR count). The summed E-state index contributed by atoms with van der Waals surface area (Å²) in [4.78, 5) is 0. The Morgan fingerprint density at radius 1 is 1.31 bits per heavy atom. The molecule has 0 aromatic heterocycles. The van der Waals surface area contributed by atoms with Crippen molar-refractivity contribution >= 4 is 5.69 Å². The highest BCUT2D eigenvalue weighted by Crippen LogP contribution is 2.31. The van der Waals surface area contributed by atoms with Gasteiger partial charge in [0.1, 0.15) is 5.82 Å². The van der Waals surface area contributed by atoms with Gasteiger partial charge in [-0.15, -0.1) is 0 Å². The third kappa shape index (κ3) is 3.12. The monoisotopic (exact) mass is 235 g/mol. The predicted octanol–water partition coefficient (Wildman–Crippen LogP) is 4.05. The van der Waals surface area contributed by atoms with Crippen molar-refractivity contribution in [3.05, 3.63) is 29.6 Å². The minimum atomic E-state index is -4.44. The molecule has 0 heterocycles. The van der Waals surface area contributed by atoms with Crippen LogP contribution in [0.15, 0.2) is 18.2 Å². The van der Waals surface area contributed by atoms with E-state index < -0.39 is 17.6 Å². The summed E-state index contributed by atoms with van der Waals surface area (Å²) in [6.07, 6.45) is -3.74. The maximum Gasteiger partial charge on any atom is 0.416 e. The van der Waals surface area contributed by atoms with Gasteiger partial charge in [0.25, 0.3) is 0 Å². The van der Waals surface area contributed by atoms with Gasteiger partial charge >= 0.3 is 6.18 Å². The Labute approximate surface area is 91.5 Å². The van der Waals surface area contributed by atoms with E-state index in [4.69, 9.17) is 0 Å². The standard InChI is InChI=1S/C11H13F4N/c1-3-7(2)16-10-6-8(11(13,14)15)4-5-9(10)12/h4-7,16H,3H2,1-2H3. The van der Waals surface area contributed by atoms with Crippen LogP contribution in [0.25, 0.3) is 0 Å². The van der Waals surface area contributed by atoms with Gasteiger partial charge in [-0.2, -0.15) is 13.2 Å². The first-order chi connectivity index (χ1) is 7.34. The molecule has 0 saturated heterocycles. The van der Waals surface area contributed by atoms with Crippen molar-refractivity contribution in [3.8, 4) is 0 Å². The molecule has 1 nitrogen and oxygen atoms in total. The van der Waals surface area contributed by atoms with E-state index in [1.165, 1.54) is 0 Å². The van der Waals surface area contributed by atoms with E-state index in [-0.39, 0.29) is 11.7 Å². The highest BCUT2D eigenvalue weighted by molar-refractivity contribution is 5.48. The summed E-state index contributed by atoms with van der Waals surface area (Å²) in [7, 11) is 0. The number of benzene rings is 1. The molecule has 0 amide bonds. The van der Waals surface area contributed by atoms with Crippen molar-refractivity contribution in [3.63, 3.8) is 0 Å². The Morgan fingerprint density at radius 3 is 2.44 bits per heavy atom. The van der Waals surface area contributed by atoms with E-state index >= 15 is 0 Å². The first-order valence-corrected chi connectivity index (χ1v) is 4.98. The predicted molar refractivity (Wildman–Crippen MR) is 54.8 cm³/mol. The normalized spacial score (nSPS) is 13.6. The summed E-state index contributed by atoms with van der Waals surface area (Å²) in [6.45, 7) is 3.64. The molecule has 1 atom stereocenters. The first-order valence-electron chi connectivity index (χ1n) is 4.98. The second-order valence-electron chi connectivity index (χ2n) is 3.65. The molecule has 0 spiro atoms. The van der Waals surface area contributed by atoms with Crippen LogP contribution >= 0.6 is 0 Å². The Morgan fingerprint density at radius 2 is 1.94 bits per heavy atom. The fraction of sp³-hybridized carbons (Fsp3) is 0.455. The zero-order valence-electron chi connectivity index (χ0n) is 9.03. The van der Waals surface area contributed by atoms with Crippen molar-refractivity contribution in [1.82, 2.24) is 0 Å². The van der Waals surface area contributed by atoms with Gasteiger partial charge < -0.3 is 5.32 Å². The summed E-state index contributed by atoms with van der Waals surface area (Å²) in [5, 5.41) is 2.70. The van der Waals surface area contributed by atoms with Gasteiger partial charge in [0.05, 0.1) is 11.3 Å². The Kier molecular flexibility index (Phi) is 3.78. The Bertz CT molecular complexity index is 359. The lowest BCUT2D eigenvalue weighted by Crippen LogP contribution is -2.15. The van der Waals surface area contributed by atoms with Gasteiger partial charge in [-0.25, -0.2) is 4.39 Å². The third-order valence-electron chi connectivity index (χ3n) is 2.31. The molecule has 1 unspecified atom stereocenters. The SMILES string of the molecule is CCC(C)Nc1cc(C(F)(F)F)ccc1F. The molecule has 0 fully saturated rings. The van der Waals surface area contributed by atoms with Crippen molar-refractivity contribution in [2.45, 2.75) is 32.5 Å². The number of hydrogen-bond acceptors (Lipinski definition) is 1. The van der Waals surface area contributed by atoms with Crippen LogP contribution in [0.3, 0.4) is 0 Å². The van der Waals surface area contributed by atoms with Crippen molar-refractivity contribution in [2.24, 2.45) is 0 Å². The van der Waals surface area contributed by atoms with Gasteiger partial charge in [-0.1, -0.05) is 6.92 Å². The molecule has 5 heteroatoms. The quantitative estimate of drug-likeness (QED) is 0.779. The molecule has 16 heavy (non-hydrogen) atoms. The highest BCUT2D eigenvalue weighted by atomic mass is 19.4. The fourth-order valence-electron chi connectivity index (χ4n) is 1.18. The highest BCUT2D eigenvalue weighted by Gasteiger charge is 2.31. The van der Waals surface area contributed by atoms with Crippen molar-refractivity contribution in [1.29, 1.82) is 0 Å². The van der Waals surface area contributed by atoms with Crippen LogP contribution in [0, 0.1) is 5.82 Å². The zero-order valence-corrected chi connectivity index (χ0v) is 9.03. The van der Waals surface area contributed by atoms with E-state index in [1.807, 2.05) is 6.92 Å². The van der Waals surface area contributed by atoms with Crippen LogP contribution in [-0.4, -0.2) is 6.04 Å². The summed E-state index contributed by atoms with van der Waals surface area (Å²) in [5.41, 5.74) is -0.955. The number of halogens is 4. The van der Waals surface area contributed by atoms with E-state index in [2.05, 4.69) is 5.32 Å². The van der Waals surface area contributed by atoms with Crippen molar-refractivity contribution < 1.29 is 17.6 Å². The van der Waals surface area contributed by atoms with E-state index in [0.717, 1.165) is 18.2 Å². The molecule has 0 aliphatic carbocycles. The van der Waals surface area contributed by atoms with Crippen LogP contribution in [-0.2, 0) is 6.18 Å². The first kappa shape index (κ1) is 12.8. The van der Waals surface area contributed by atoms with Gasteiger partial charge in [-0.05, 0) is 31.5 Å². The minimum absolute atomic E-state index is 0.0713. The van der Waals surface area contributed by atoms with Crippen LogP contribution in [0.5, 0.6) is 0 Å². The Balaban J connectivity index is 3.00. The molecule has 0 aliphatic rings. The summed E-state index contributed by atoms with van der Waals surface area (Å²) in [5.74, 6) is -0.673. The smallest absolute Gasteiger partial charge is 0.380 e.